The van der Waals surface area contributed by atoms with Gasteiger partial charge in [0.1, 0.15) is 5.69 Å². The molecule has 0 amide bonds. The summed E-state index contributed by atoms with van der Waals surface area (Å²) in [5.74, 6) is 1.53. The Kier molecular flexibility index (Phi) is 2.86. The predicted octanol–water partition coefficient (Wildman–Crippen LogP) is 3.05. The third-order valence-electron chi connectivity index (χ3n) is 1.43. The van der Waals surface area contributed by atoms with E-state index >= 15 is 0 Å². The van der Waals surface area contributed by atoms with Crippen molar-refractivity contribution in [3.63, 3.8) is 0 Å². The number of aryl methyl sites for hydroxylation is 1. The lowest BCUT2D eigenvalue weighted by Crippen LogP contribution is -1.74. The third-order valence-corrected chi connectivity index (χ3v) is 1.43. The van der Waals surface area contributed by atoms with Crippen LogP contribution in [0.3, 0.4) is 0 Å². The Balaban J connectivity index is 3.07. The molecule has 1 aromatic heterocycles. The number of nitrogens with zero attached hydrogens (tertiary/aromatic N) is 1. The second-order valence-electron chi connectivity index (χ2n) is 2.48. The van der Waals surface area contributed by atoms with E-state index < -0.39 is 0 Å². The lowest BCUT2D eigenvalue weighted by Gasteiger charge is -1.84. The highest BCUT2D eigenvalue weighted by Gasteiger charge is 2.03. The smallest absolute Gasteiger partial charge is 0.192 e. The highest BCUT2D eigenvalue weighted by Crippen LogP contribution is 2.13. The fraction of sp³-hybridized carbons (Fsp3) is 0.300. The molecule has 64 valence electrons. The molecule has 0 atom stereocenters. The van der Waals surface area contributed by atoms with Crippen LogP contribution >= 0.6 is 0 Å². The van der Waals surface area contributed by atoms with Gasteiger partial charge in [-0.3, -0.25) is 0 Å². The zero-order valence-corrected chi connectivity index (χ0v) is 7.66. The first kappa shape index (κ1) is 8.78. The van der Waals surface area contributed by atoms with Crippen molar-refractivity contribution < 1.29 is 4.42 Å². The van der Waals surface area contributed by atoms with Crippen molar-refractivity contribution in [2.75, 3.05) is 0 Å². The molecule has 0 aliphatic rings. The Bertz CT molecular complexity index is 278. The monoisotopic (exact) mass is 163 g/mol. The van der Waals surface area contributed by atoms with Crippen LogP contribution in [0.4, 0.5) is 0 Å². The van der Waals surface area contributed by atoms with E-state index in [0.717, 1.165) is 11.5 Å². The third kappa shape index (κ3) is 1.84. The normalized spacial score (nSPS) is 11.9. The highest BCUT2D eigenvalue weighted by atomic mass is 16.4. The van der Waals surface area contributed by atoms with Crippen molar-refractivity contribution in [2.45, 2.75) is 20.8 Å². The van der Waals surface area contributed by atoms with Crippen molar-refractivity contribution in [2.24, 2.45) is 0 Å². The second-order valence-corrected chi connectivity index (χ2v) is 2.48. The number of allylic oxidation sites excluding steroid dienone is 2. The molecular formula is C10H13NO. The van der Waals surface area contributed by atoms with Crippen LogP contribution in [-0.4, -0.2) is 4.98 Å². The first-order valence-electron chi connectivity index (χ1n) is 4.00. The Hall–Kier alpha value is -1.31. The van der Waals surface area contributed by atoms with Crippen LogP contribution in [0.25, 0.3) is 12.2 Å². The average Bonchev–Trinajstić information content (AvgIpc) is 2.33. The SMILES string of the molecule is C/C=C\c1nc(C)oc1/C=C\C. The van der Waals surface area contributed by atoms with Gasteiger partial charge in [-0.2, -0.15) is 0 Å². The minimum Gasteiger partial charge on any atom is -0.441 e. The van der Waals surface area contributed by atoms with E-state index in [1.165, 1.54) is 0 Å². The van der Waals surface area contributed by atoms with Crippen molar-refractivity contribution in [3.05, 3.63) is 29.5 Å². The van der Waals surface area contributed by atoms with Gasteiger partial charge in [-0.25, -0.2) is 4.98 Å². The van der Waals surface area contributed by atoms with E-state index in [0.29, 0.717) is 5.89 Å². The molecular weight excluding hydrogens is 150 g/mol. The van der Waals surface area contributed by atoms with Gasteiger partial charge in [0.2, 0.25) is 0 Å². The van der Waals surface area contributed by atoms with E-state index in [9.17, 15) is 0 Å². The largest absolute Gasteiger partial charge is 0.441 e. The second kappa shape index (κ2) is 3.90. The lowest BCUT2D eigenvalue weighted by atomic mass is 10.3. The van der Waals surface area contributed by atoms with Crippen molar-refractivity contribution >= 4 is 12.2 Å². The van der Waals surface area contributed by atoms with Gasteiger partial charge >= 0.3 is 0 Å². The molecule has 0 N–H and O–H groups in total. The lowest BCUT2D eigenvalue weighted by molar-refractivity contribution is 0.513. The summed E-state index contributed by atoms with van der Waals surface area (Å²) in [6.07, 6.45) is 7.73. The van der Waals surface area contributed by atoms with Crippen LogP contribution < -0.4 is 0 Å². The summed E-state index contributed by atoms with van der Waals surface area (Å²) >= 11 is 0. The molecule has 2 heteroatoms. The van der Waals surface area contributed by atoms with Gasteiger partial charge in [0.05, 0.1) is 0 Å². The topological polar surface area (TPSA) is 26.0 Å². The summed E-state index contributed by atoms with van der Waals surface area (Å²) in [6, 6.07) is 0. The minimum atomic E-state index is 0.705. The van der Waals surface area contributed by atoms with Crippen molar-refractivity contribution in [1.29, 1.82) is 0 Å². The molecule has 0 aromatic carbocycles. The molecule has 0 radical (unpaired) electrons. The number of rotatable bonds is 2. The Morgan fingerprint density at radius 2 is 1.83 bits per heavy atom. The number of hydrogen-bond donors (Lipinski definition) is 0. The summed E-state index contributed by atoms with van der Waals surface area (Å²) < 4.78 is 5.36. The molecule has 0 unspecified atom stereocenters. The van der Waals surface area contributed by atoms with Gasteiger partial charge in [-0.15, -0.1) is 0 Å². The molecule has 0 saturated carbocycles. The summed E-state index contributed by atoms with van der Waals surface area (Å²) in [5, 5.41) is 0. The number of hydrogen-bond acceptors (Lipinski definition) is 2. The average molecular weight is 163 g/mol. The molecule has 12 heavy (non-hydrogen) atoms. The van der Waals surface area contributed by atoms with Crippen molar-refractivity contribution in [3.8, 4) is 0 Å². The van der Waals surface area contributed by atoms with Crippen LogP contribution in [0.5, 0.6) is 0 Å². The Labute approximate surface area is 72.6 Å². The molecule has 0 spiro atoms. The molecule has 0 saturated heterocycles. The maximum Gasteiger partial charge on any atom is 0.192 e. The summed E-state index contributed by atoms with van der Waals surface area (Å²) in [7, 11) is 0. The Morgan fingerprint density at radius 1 is 1.17 bits per heavy atom. The summed E-state index contributed by atoms with van der Waals surface area (Å²) in [4.78, 5) is 4.21. The van der Waals surface area contributed by atoms with Gasteiger partial charge in [0.25, 0.3) is 0 Å². The highest BCUT2D eigenvalue weighted by molar-refractivity contribution is 5.57. The quantitative estimate of drug-likeness (QED) is 0.669. The first-order valence-corrected chi connectivity index (χ1v) is 4.00. The molecule has 1 heterocycles. The minimum absolute atomic E-state index is 0.705. The van der Waals surface area contributed by atoms with E-state index in [4.69, 9.17) is 4.42 Å². The molecule has 0 fully saturated rings. The molecule has 2 nitrogen and oxygen atoms in total. The van der Waals surface area contributed by atoms with Crippen LogP contribution in [0.15, 0.2) is 16.6 Å². The van der Waals surface area contributed by atoms with Gasteiger partial charge in [-0.05, 0) is 26.0 Å². The fourth-order valence-corrected chi connectivity index (χ4v) is 1.01. The van der Waals surface area contributed by atoms with Crippen LogP contribution in [-0.2, 0) is 0 Å². The molecule has 1 aromatic rings. The summed E-state index contributed by atoms with van der Waals surface area (Å²) in [5.41, 5.74) is 0.896. The zero-order chi connectivity index (χ0) is 8.97. The zero-order valence-electron chi connectivity index (χ0n) is 7.66. The molecule has 0 aliphatic heterocycles. The van der Waals surface area contributed by atoms with E-state index in [1.807, 2.05) is 45.1 Å². The molecule has 0 bridgehead atoms. The van der Waals surface area contributed by atoms with Gasteiger partial charge in [0, 0.05) is 6.92 Å². The maximum atomic E-state index is 5.36. The van der Waals surface area contributed by atoms with Crippen LogP contribution in [0.1, 0.15) is 31.2 Å². The van der Waals surface area contributed by atoms with Gasteiger partial charge in [-0.1, -0.05) is 12.2 Å². The number of oxazole rings is 1. The standard InChI is InChI=1S/C10H13NO/c1-4-6-9-10(7-5-2)12-8(3)11-9/h4-7H,1-3H3/b6-4-,7-5-. The van der Waals surface area contributed by atoms with E-state index in [2.05, 4.69) is 4.98 Å². The Morgan fingerprint density at radius 3 is 2.42 bits per heavy atom. The maximum absolute atomic E-state index is 5.36. The van der Waals surface area contributed by atoms with Crippen LogP contribution in [0, 0.1) is 6.92 Å². The van der Waals surface area contributed by atoms with Gasteiger partial charge < -0.3 is 4.42 Å². The predicted molar refractivity (Wildman–Crippen MR) is 50.7 cm³/mol. The molecule has 1 rings (SSSR count). The summed E-state index contributed by atoms with van der Waals surface area (Å²) in [6.45, 7) is 5.76. The van der Waals surface area contributed by atoms with Crippen LogP contribution in [0.2, 0.25) is 0 Å². The van der Waals surface area contributed by atoms with E-state index in [-0.39, 0.29) is 0 Å². The van der Waals surface area contributed by atoms with Gasteiger partial charge in [0.15, 0.2) is 11.7 Å². The fourth-order valence-electron chi connectivity index (χ4n) is 1.01. The van der Waals surface area contributed by atoms with E-state index in [1.54, 1.807) is 0 Å². The van der Waals surface area contributed by atoms with Crippen molar-refractivity contribution in [1.82, 2.24) is 4.98 Å². The molecule has 0 aliphatic carbocycles. The first-order chi connectivity index (χ1) is 5.77. The number of aromatic nitrogens is 1.